The second kappa shape index (κ2) is 7.63. The van der Waals surface area contributed by atoms with Gasteiger partial charge in [-0.1, -0.05) is 23.2 Å². The second-order valence-corrected chi connectivity index (χ2v) is 9.81. The van der Waals surface area contributed by atoms with E-state index in [4.69, 9.17) is 23.2 Å². The fourth-order valence-corrected chi connectivity index (χ4v) is 3.58. The molecule has 0 unspecified atom stereocenters. The van der Waals surface area contributed by atoms with Crippen molar-refractivity contribution in [3.8, 4) is 0 Å². The maximum Gasteiger partial charge on any atom is 0.221 e. The Morgan fingerprint density at radius 2 is 1.73 bits per heavy atom. The number of carbonyl (C=O) groups excluding carboxylic acids is 1. The highest BCUT2D eigenvalue weighted by atomic mass is 35.5. The first kappa shape index (κ1) is 19.2. The normalized spacial score (nSPS) is 12.1. The monoisotopic (exact) mass is 387 g/mol. The Hall–Kier alpha value is -0.830. The SMILES string of the molecule is CS(=O)(=O)CCNC(=O)CCS(=O)(=O)c1ccc(Cl)c(Cl)c1. The summed E-state index contributed by atoms with van der Waals surface area (Å²) in [5, 5.41) is 2.70. The first-order valence-electron chi connectivity index (χ1n) is 6.13. The summed E-state index contributed by atoms with van der Waals surface area (Å²) in [5.74, 6) is -1.14. The summed E-state index contributed by atoms with van der Waals surface area (Å²) in [4.78, 5) is 11.5. The van der Waals surface area contributed by atoms with Crippen LogP contribution < -0.4 is 5.32 Å². The molecule has 0 heterocycles. The van der Waals surface area contributed by atoms with E-state index in [1.165, 1.54) is 18.2 Å². The van der Waals surface area contributed by atoms with Gasteiger partial charge in [0.2, 0.25) is 5.91 Å². The van der Waals surface area contributed by atoms with Gasteiger partial charge in [0.15, 0.2) is 9.84 Å². The molecular formula is C12H15Cl2NO5S2. The average molecular weight is 388 g/mol. The standard InChI is InChI=1S/C12H15Cl2NO5S2/c1-21(17,18)7-5-15-12(16)4-6-22(19,20)9-2-3-10(13)11(14)8-9/h2-3,8H,4-7H2,1H3,(H,15,16). The van der Waals surface area contributed by atoms with E-state index in [-0.39, 0.29) is 33.7 Å². The highest BCUT2D eigenvalue weighted by Gasteiger charge is 2.17. The molecule has 0 saturated carbocycles. The first-order valence-corrected chi connectivity index (χ1v) is 10.6. The van der Waals surface area contributed by atoms with Crippen molar-refractivity contribution in [1.29, 1.82) is 0 Å². The van der Waals surface area contributed by atoms with Gasteiger partial charge in [-0.15, -0.1) is 0 Å². The lowest BCUT2D eigenvalue weighted by Crippen LogP contribution is -2.30. The van der Waals surface area contributed by atoms with Gasteiger partial charge in [-0.2, -0.15) is 0 Å². The number of halogens is 2. The van der Waals surface area contributed by atoms with Gasteiger partial charge < -0.3 is 5.32 Å². The molecule has 0 aromatic heterocycles. The van der Waals surface area contributed by atoms with Crippen LogP contribution in [0.2, 0.25) is 10.0 Å². The molecule has 6 nitrogen and oxygen atoms in total. The smallest absolute Gasteiger partial charge is 0.221 e. The van der Waals surface area contributed by atoms with Crippen molar-refractivity contribution in [1.82, 2.24) is 5.32 Å². The van der Waals surface area contributed by atoms with E-state index < -0.39 is 31.3 Å². The van der Waals surface area contributed by atoms with E-state index in [1.807, 2.05) is 0 Å². The lowest BCUT2D eigenvalue weighted by atomic mass is 10.4. The molecule has 0 aliphatic carbocycles. The number of hydrogen-bond acceptors (Lipinski definition) is 5. The molecule has 1 amide bonds. The minimum atomic E-state index is -3.67. The van der Waals surface area contributed by atoms with E-state index in [0.29, 0.717) is 0 Å². The predicted molar refractivity (Wildman–Crippen MR) is 85.9 cm³/mol. The maximum absolute atomic E-state index is 12.1. The lowest BCUT2D eigenvalue weighted by molar-refractivity contribution is -0.120. The fraction of sp³-hybridized carbons (Fsp3) is 0.417. The second-order valence-electron chi connectivity index (χ2n) is 4.62. The average Bonchev–Trinajstić information content (AvgIpc) is 2.38. The van der Waals surface area contributed by atoms with E-state index in [0.717, 1.165) is 6.26 Å². The Balaban J connectivity index is 2.58. The van der Waals surface area contributed by atoms with Crippen molar-refractivity contribution < 1.29 is 21.6 Å². The summed E-state index contributed by atoms with van der Waals surface area (Å²) < 4.78 is 45.9. The minimum Gasteiger partial charge on any atom is -0.355 e. The summed E-state index contributed by atoms with van der Waals surface area (Å²) in [6, 6.07) is 3.90. The molecule has 1 aromatic rings. The Morgan fingerprint density at radius 1 is 1.09 bits per heavy atom. The number of carbonyl (C=O) groups is 1. The van der Waals surface area contributed by atoms with Crippen molar-refractivity contribution >= 4 is 48.8 Å². The van der Waals surface area contributed by atoms with Crippen molar-refractivity contribution in [3.05, 3.63) is 28.2 Å². The van der Waals surface area contributed by atoms with Crippen molar-refractivity contribution in [3.63, 3.8) is 0 Å². The maximum atomic E-state index is 12.1. The largest absolute Gasteiger partial charge is 0.355 e. The molecular weight excluding hydrogens is 373 g/mol. The Kier molecular flexibility index (Phi) is 6.66. The quantitative estimate of drug-likeness (QED) is 0.760. The first-order chi connectivity index (χ1) is 10.0. The van der Waals surface area contributed by atoms with Gasteiger partial charge in [0.25, 0.3) is 0 Å². The Bertz CT molecular complexity index is 760. The fourth-order valence-electron chi connectivity index (χ4n) is 1.48. The summed E-state index contributed by atoms with van der Waals surface area (Å²) in [6.07, 6.45) is 0.778. The number of hydrogen-bond donors (Lipinski definition) is 1. The van der Waals surface area contributed by atoms with Crippen LogP contribution in [-0.4, -0.2) is 47.0 Å². The molecule has 0 aliphatic heterocycles. The third-order valence-corrected chi connectivity index (χ3v) is 6.04. The van der Waals surface area contributed by atoms with Crippen LogP contribution in [0.15, 0.2) is 23.1 Å². The van der Waals surface area contributed by atoms with E-state index >= 15 is 0 Å². The van der Waals surface area contributed by atoms with Gasteiger partial charge in [0, 0.05) is 19.2 Å². The summed E-state index contributed by atoms with van der Waals surface area (Å²) >= 11 is 11.5. The van der Waals surface area contributed by atoms with Crippen LogP contribution in [0.5, 0.6) is 0 Å². The third kappa shape index (κ3) is 6.51. The van der Waals surface area contributed by atoms with Crippen LogP contribution in [0, 0.1) is 0 Å². The summed E-state index contributed by atoms with van der Waals surface area (Å²) in [5.41, 5.74) is 0. The topological polar surface area (TPSA) is 97.4 Å². The Labute approximate surface area is 139 Å². The van der Waals surface area contributed by atoms with Gasteiger partial charge in [-0.25, -0.2) is 16.8 Å². The van der Waals surface area contributed by atoms with Gasteiger partial charge in [0.1, 0.15) is 9.84 Å². The molecule has 1 N–H and O–H groups in total. The number of nitrogens with one attached hydrogen (secondary N) is 1. The van der Waals surface area contributed by atoms with Crippen LogP contribution in [0.3, 0.4) is 0 Å². The molecule has 1 rings (SSSR count). The highest BCUT2D eigenvalue weighted by Crippen LogP contribution is 2.25. The van der Waals surface area contributed by atoms with Crippen molar-refractivity contribution in [2.75, 3.05) is 24.3 Å². The van der Waals surface area contributed by atoms with Crippen molar-refractivity contribution in [2.24, 2.45) is 0 Å². The molecule has 10 heteroatoms. The molecule has 0 aliphatic rings. The van der Waals surface area contributed by atoms with Gasteiger partial charge in [-0.05, 0) is 18.2 Å². The molecule has 1 aromatic carbocycles. The molecule has 0 radical (unpaired) electrons. The zero-order valence-corrected chi connectivity index (χ0v) is 14.8. The summed E-state index contributed by atoms with van der Waals surface area (Å²) in [7, 11) is -6.85. The molecule has 0 fully saturated rings. The highest BCUT2D eigenvalue weighted by molar-refractivity contribution is 7.91. The summed E-state index contributed by atoms with van der Waals surface area (Å²) in [6.45, 7) is -0.0511. The molecule has 0 atom stereocenters. The molecule has 0 spiro atoms. The van der Waals surface area contributed by atoms with Crippen LogP contribution in [-0.2, 0) is 24.5 Å². The predicted octanol–water partition coefficient (Wildman–Crippen LogP) is 1.32. The van der Waals surface area contributed by atoms with Crippen molar-refractivity contribution in [2.45, 2.75) is 11.3 Å². The van der Waals surface area contributed by atoms with E-state index in [9.17, 15) is 21.6 Å². The van der Waals surface area contributed by atoms with Gasteiger partial charge in [0.05, 0.1) is 26.4 Å². The van der Waals surface area contributed by atoms with Crippen LogP contribution in [0.1, 0.15) is 6.42 Å². The number of rotatable bonds is 7. The molecule has 22 heavy (non-hydrogen) atoms. The minimum absolute atomic E-state index is 0.0224. The zero-order valence-electron chi connectivity index (χ0n) is 11.7. The molecule has 0 saturated heterocycles. The number of sulfone groups is 2. The molecule has 124 valence electrons. The number of amides is 1. The van der Waals surface area contributed by atoms with E-state index in [1.54, 1.807) is 0 Å². The van der Waals surface area contributed by atoms with Crippen LogP contribution >= 0.6 is 23.2 Å². The third-order valence-electron chi connectivity index (χ3n) is 2.64. The lowest BCUT2D eigenvalue weighted by Gasteiger charge is -2.07. The molecule has 0 bridgehead atoms. The van der Waals surface area contributed by atoms with Crippen LogP contribution in [0.25, 0.3) is 0 Å². The van der Waals surface area contributed by atoms with E-state index in [2.05, 4.69) is 5.32 Å². The zero-order chi connectivity index (χ0) is 17.0. The van der Waals surface area contributed by atoms with Gasteiger partial charge in [-0.3, -0.25) is 4.79 Å². The van der Waals surface area contributed by atoms with Gasteiger partial charge >= 0.3 is 0 Å². The van der Waals surface area contributed by atoms with Crippen LogP contribution in [0.4, 0.5) is 0 Å². The number of benzene rings is 1. The Morgan fingerprint density at radius 3 is 2.27 bits per heavy atom.